The molecule has 1 rings (SSSR count). The van der Waals surface area contributed by atoms with Gasteiger partial charge in [-0.05, 0) is 17.7 Å². The maximum atomic E-state index is 10.8. The predicted molar refractivity (Wildman–Crippen MR) is 51.0 cm³/mol. The molecule has 0 spiro atoms. The normalized spacial score (nSPS) is 9.50. The summed E-state index contributed by atoms with van der Waals surface area (Å²) in [5.41, 5.74) is 5.77. The SMILES string of the molecule is N#Cc1c(CN)cc(Cl)cc1C(=O)O. The molecule has 0 bridgehead atoms. The molecule has 0 aliphatic rings. The molecule has 0 aliphatic heterocycles. The van der Waals surface area contributed by atoms with Crippen molar-refractivity contribution in [1.29, 1.82) is 5.26 Å². The number of carboxylic acid groups (broad SMARTS) is 1. The van der Waals surface area contributed by atoms with Crippen molar-refractivity contribution in [2.24, 2.45) is 5.73 Å². The summed E-state index contributed by atoms with van der Waals surface area (Å²) in [4.78, 5) is 10.8. The summed E-state index contributed by atoms with van der Waals surface area (Å²) in [6, 6.07) is 4.53. The van der Waals surface area contributed by atoms with E-state index in [-0.39, 0.29) is 22.7 Å². The number of aromatic carboxylic acids is 1. The molecule has 0 saturated carbocycles. The maximum Gasteiger partial charge on any atom is 0.337 e. The number of benzene rings is 1. The number of nitrogens with zero attached hydrogens (tertiary/aromatic N) is 1. The minimum atomic E-state index is -1.18. The lowest BCUT2D eigenvalue weighted by atomic mass is 10.0. The topological polar surface area (TPSA) is 87.1 Å². The summed E-state index contributed by atoms with van der Waals surface area (Å²) in [6.07, 6.45) is 0. The lowest BCUT2D eigenvalue weighted by molar-refractivity contribution is 0.0696. The summed E-state index contributed by atoms with van der Waals surface area (Å²) in [7, 11) is 0. The molecular formula is C9H7ClN2O2. The van der Waals surface area contributed by atoms with Gasteiger partial charge in [0.2, 0.25) is 0 Å². The zero-order valence-corrected chi connectivity index (χ0v) is 7.88. The molecule has 3 N–H and O–H groups in total. The zero-order valence-electron chi connectivity index (χ0n) is 7.12. The quantitative estimate of drug-likeness (QED) is 0.772. The minimum Gasteiger partial charge on any atom is -0.478 e. The van der Waals surface area contributed by atoms with Gasteiger partial charge in [-0.25, -0.2) is 4.79 Å². The van der Waals surface area contributed by atoms with E-state index in [0.717, 1.165) is 0 Å². The van der Waals surface area contributed by atoms with Crippen LogP contribution in [0.5, 0.6) is 0 Å². The Morgan fingerprint density at radius 3 is 2.71 bits per heavy atom. The van der Waals surface area contributed by atoms with Gasteiger partial charge in [0.05, 0.1) is 11.1 Å². The maximum absolute atomic E-state index is 10.8. The number of hydrogen-bond acceptors (Lipinski definition) is 3. The lowest BCUT2D eigenvalue weighted by Crippen LogP contribution is -2.07. The van der Waals surface area contributed by atoms with Crippen LogP contribution in [0.1, 0.15) is 21.5 Å². The van der Waals surface area contributed by atoms with Gasteiger partial charge in [0.25, 0.3) is 0 Å². The van der Waals surface area contributed by atoms with Crippen molar-refractivity contribution in [2.45, 2.75) is 6.54 Å². The highest BCUT2D eigenvalue weighted by molar-refractivity contribution is 6.31. The van der Waals surface area contributed by atoms with Crippen LogP contribution < -0.4 is 5.73 Å². The molecule has 1 aromatic carbocycles. The van der Waals surface area contributed by atoms with Crippen molar-refractivity contribution in [3.8, 4) is 6.07 Å². The number of nitriles is 1. The van der Waals surface area contributed by atoms with Crippen LogP contribution in [-0.2, 0) is 6.54 Å². The van der Waals surface area contributed by atoms with Gasteiger partial charge in [-0.1, -0.05) is 11.6 Å². The highest BCUT2D eigenvalue weighted by atomic mass is 35.5. The van der Waals surface area contributed by atoms with Gasteiger partial charge in [-0.3, -0.25) is 0 Å². The Morgan fingerprint density at radius 1 is 1.64 bits per heavy atom. The van der Waals surface area contributed by atoms with Gasteiger partial charge < -0.3 is 10.8 Å². The monoisotopic (exact) mass is 210 g/mol. The highest BCUT2D eigenvalue weighted by Crippen LogP contribution is 2.20. The Labute approximate surface area is 85.5 Å². The first kappa shape index (κ1) is 10.5. The molecule has 0 amide bonds. The van der Waals surface area contributed by atoms with Crippen LogP contribution in [0.2, 0.25) is 5.02 Å². The molecule has 14 heavy (non-hydrogen) atoms. The van der Waals surface area contributed by atoms with Crippen LogP contribution in [0.4, 0.5) is 0 Å². The van der Waals surface area contributed by atoms with Gasteiger partial charge >= 0.3 is 5.97 Å². The molecule has 0 heterocycles. The molecular weight excluding hydrogens is 204 g/mol. The fourth-order valence-corrected chi connectivity index (χ4v) is 1.37. The van der Waals surface area contributed by atoms with E-state index >= 15 is 0 Å². The van der Waals surface area contributed by atoms with E-state index in [9.17, 15) is 4.79 Å². The first-order valence-corrected chi connectivity index (χ1v) is 4.13. The van der Waals surface area contributed by atoms with Gasteiger partial charge in [-0.15, -0.1) is 0 Å². The van der Waals surface area contributed by atoms with E-state index in [1.807, 2.05) is 0 Å². The van der Waals surface area contributed by atoms with E-state index < -0.39 is 5.97 Å². The average molecular weight is 211 g/mol. The molecule has 0 aliphatic carbocycles. The van der Waals surface area contributed by atoms with Crippen molar-refractivity contribution in [3.63, 3.8) is 0 Å². The second-order valence-corrected chi connectivity index (χ2v) is 3.04. The molecule has 0 fully saturated rings. The third kappa shape index (κ3) is 1.84. The summed E-state index contributed by atoms with van der Waals surface area (Å²) < 4.78 is 0. The molecule has 0 saturated heterocycles. The molecule has 1 aromatic rings. The Balaban J connectivity index is 3.49. The number of carbonyl (C=O) groups is 1. The minimum absolute atomic E-state index is 0.0735. The van der Waals surface area contributed by atoms with E-state index in [1.165, 1.54) is 12.1 Å². The van der Waals surface area contributed by atoms with Crippen LogP contribution in [0, 0.1) is 11.3 Å². The molecule has 0 aromatic heterocycles. The Morgan fingerprint density at radius 2 is 2.29 bits per heavy atom. The Hall–Kier alpha value is -1.57. The summed E-state index contributed by atoms with van der Waals surface area (Å²) >= 11 is 5.67. The summed E-state index contributed by atoms with van der Waals surface area (Å²) in [6.45, 7) is 0.0870. The van der Waals surface area contributed by atoms with E-state index in [1.54, 1.807) is 6.07 Å². The first-order chi connectivity index (χ1) is 6.60. The van der Waals surface area contributed by atoms with E-state index in [4.69, 9.17) is 27.7 Å². The molecule has 72 valence electrons. The average Bonchev–Trinajstić information content (AvgIpc) is 2.16. The molecule has 4 nitrogen and oxygen atoms in total. The number of halogens is 1. The van der Waals surface area contributed by atoms with Gasteiger partial charge in [0.1, 0.15) is 6.07 Å². The number of nitrogens with two attached hydrogens (primary N) is 1. The van der Waals surface area contributed by atoms with Crippen molar-refractivity contribution in [2.75, 3.05) is 0 Å². The third-order valence-corrected chi connectivity index (χ3v) is 1.97. The predicted octanol–water partition coefficient (Wildman–Crippen LogP) is 1.37. The molecule has 5 heteroatoms. The fraction of sp³-hybridized carbons (Fsp3) is 0.111. The van der Waals surface area contributed by atoms with Crippen molar-refractivity contribution < 1.29 is 9.90 Å². The smallest absolute Gasteiger partial charge is 0.337 e. The van der Waals surface area contributed by atoms with Gasteiger partial charge in [0, 0.05) is 11.6 Å². The first-order valence-electron chi connectivity index (χ1n) is 3.76. The number of rotatable bonds is 2. The number of hydrogen-bond donors (Lipinski definition) is 2. The van der Waals surface area contributed by atoms with E-state index in [2.05, 4.69) is 0 Å². The standard InChI is InChI=1S/C9H7ClN2O2/c10-6-1-5(3-11)8(4-12)7(2-6)9(13)14/h1-2H,3,11H2,(H,13,14). The highest BCUT2D eigenvalue weighted by Gasteiger charge is 2.14. The van der Waals surface area contributed by atoms with Crippen molar-refractivity contribution in [3.05, 3.63) is 33.8 Å². The number of carboxylic acids is 1. The zero-order chi connectivity index (χ0) is 10.7. The van der Waals surface area contributed by atoms with Crippen LogP contribution >= 0.6 is 11.6 Å². The Kier molecular flexibility index (Phi) is 3.07. The lowest BCUT2D eigenvalue weighted by Gasteiger charge is -2.04. The van der Waals surface area contributed by atoms with Crippen molar-refractivity contribution in [1.82, 2.24) is 0 Å². The third-order valence-electron chi connectivity index (χ3n) is 1.75. The summed E-state index contributed by atoms with van der Waals surface area (Å²) in [5, 5.41) is 17.8. The molecule has 0 unspecified atom stereocenters. The summed E-state index contributed by atoms with van der Waals surface area (Å²) in [5.74, 6) is -1.18. The van der Waals surface area contributed by atoms with Gasteiger partial charge in [0.15, 0.2) is 0 Å². The van der Waals surface area contributed by atoms with Crippen LogP contribution in [0.3, 0.4) is 0 Å². The Bertz CT molecular complexity index is 424. The second-order valence-electron chi connectivity index (χ2n) is 2.61. The fourth-order valence-electron chi connectivity index (χ4n) is 1.13. The molecule has 0 atom stereocenters. The largest absolute Gasteiger partial charge is 0.478 e. The van der Waals surface area contributed by atoms with Crippen LogP contribution in [-0.4, -0.2) is 11.1 Å². The van der Waals surface area contributed by atoms with Gasteiger partial charge in [-0.2, -0.15) is 5.26 Å². The van der Waals surface area contributed by atoms with E-state index in [0.29, 0.717) is 5.56 Å². The van der Waals surface area contributed by atoms with Crippen LogP contribution in [0.25, 0.3) is 0 Å². The van der Waals surface area contributed by atoms with Crippen molar-refractivity contribution >= 4 is 17.6 Å². The van der Waals surface area contributed by atoms with Crippen LogP contribution in [0.15, 0.2) is 12.1 Å². The molecule has 0 radical (unpaired) electrons. The second kappa shape index (κ2) is 4.09.